The molecule has 5 nitrogen and oxygen atoms in total. The number of amides is 1. The van der Waals surface area contributed by atoms with Gasteiger partial charge in [-0.1, -0.05) is 6.07 Å². The number of halogens is 3. The van der Waals surface area contributed by atoms with E-state index in [9.17, 15) is 18.0 Å². The molecule has 0 aliphatic heterocycles. The third kappa shape index (κ3) is 4.04. The van der Waals surface area contributed by atoms with Gasteiger partial charge in [0.1, 0.15) is 18.1 Å². The van der Waals surface area contributed by atoms with Crippen LogP contribution in [0.25, 0.3) is 0 Å². The van der Waals surface area contributed by atoms with E-state index in [0.29, 0.717) is 0 Å². The molecular formula is C13H13F3N4O. The number of hydrogen-bond donors (Lipinski definition) is 0. The van der Waals surface area contributed by atoms with Gasteiger partial charge in [-0.15, -0.1) is 0 Å². The molecule has 2 heterocycles. The number of imidazole rings is 1. The molecule has 0 radical (unpaired) electrons. The van der Waals surface area contributed by atoms with Crippen molar-refractivity contribution in [1.29, 1.82) is 0 Å². The SMILES string of the molecule is CN(Cc1nccn1CC(F)(F)F)C(=O)c1ccccn1. The predicted octanol–water partition coefficient (Wildman–Crippen LogP) is 2.11. The lowest BCUT2D eigenvalue weighted by atomic mass is 10.3. The Morgan fingerprint density at radius 3 is 2.67 bits per heavy atom. The molecule has 2 aromatic heterocycles. The standard InChI is InChI=1S/C13H13F3N4O/c1-19(12(21)10-4-2-3-5-17-10)8-11-18-6-7-20(11)9-13(14,15)16/h2-7H,8-9H2,1H3. The van der Waals surface area contributed by atoms with E-state index in [0.717, 1.165) is 4.57 Å². The third-order valence-electron chi connectivity index (χ3n) is 2.76. The average Bonchev–Trinajstić information content (AvgIpc) is 2.84. The van der Waals surface area contributed by atoms with Crippen LogP contribution in [0.3, 0.4) is 0 Å². The van der Waals surface area contributed by atoms with Crippen LogP contribution in [0.15, 0.2) is 36.8 Å². The maximum absolute atomic E-state index is 12.4. The normalized spacial score (nSPS) is 11.4. The van der Waals surface area contributed by atoms with Gasteiger partial charge in [0.05, 0.1) is 6.54 Å². The molecule has 0 spiro atoms. The molecule has 0 atom stereocenters. The lowest BCUT2D eigenvalue weighted by Gasteiger charge is -2.18. The minimum absolute atomic E-state index is 0.0293. The molecule has 0 bridgehead atoms. The van der Waals surface area contributed by atoms with Crippen LogP contribution in [0.5, 0.6) is 0 Å². The lowest BCUT2D eigenvalue weighted by molar-refractivity contribution is -0.141. The van der Waals surface area contributed by atoms with Gasteiger partial charge in [-0.05, 0) is 12.1 Å². The Labute approximate surface area is 119 Å². The first-order valence-electron chi connectivity index (χ1n) is 6.10. The molecule has 0 saturated heterocycles. The van der Waals surface area contributed by atoms with Crippen LogP contribution >= 0.6 is 0 Å². The van der Waals surface area contributed by atoms with Gasteiger partial charge >= 0.3 is 6.18 Å². The van der Waals surface area contributed by atoms with Gasteiger partial charge in [0, 0.05) is 25.6 Å². The van der Waals surface area contributed by atoms with Crippen LogP contribution in [-0.2, 0) is 13.1 Å². The molecule has 0 aliphatic carbocycles. The summed E-state index contributed by atoms with van der Waals surface area (Å²) in [6.45, 7) is -1.16. The Bertz CT molecular complexity index is 609. The number of rotatable bonds is 4. The molecular weight excluding hydrogens is 285 g/mol. The van der Waals surface area contributed by atoms with Crippen molar-refractivity contribution in [3.63, 3.8) is 0 Å². The number of hydrogen-bond acceptors (Lipinski definition) is 3. The molecule has 21 heavy (non-hydrogen) atoms. The summed E-state index contributed by atoms with van der Waals surface area (Å²) in [7, 11) is 1.49. The Balaban J connectivity index is 2.08. The highest BCUT2D eigenvalue weighted by Crippen LogP contribution is 2.18. The highest BCUT2D eigenvalue weighted by molar-refractivity contribution is 5.91. The average molecular weight is 298 g/mol. The van der Waals surface area contributed by atoms with Crippen LogP contribution in [0.1, 0.15) is 16.3 Å². The van der Waals surface area contributed by atoms with E-state index in [1.165, 1.54) is 30.5 Å². The molecule has 0 aliphatic rings. The van der Waals surface area contributed by atoms with Crippen molar-refractivity contribution in [1.82, 2.24) is 19.4 Å². The van der Waals surface area contributed by atoms with Gasteiger partial charge in [-0.2, -0.15) is 13.2 Å². The number of nitrogens with zero attached hydrogens (tertiary/aromatic N) is 4. The first kappa shape index (κ1) is 15.0. The largest absolute Gasteiger partial charge is 0.406 e. The van der Waals surface area contributed by atoms with Crippen LogP contribution < -0.4 is 0 Å². The van der Waals surface area contributed by atoms with E-state index < -0.39 is 12.7 Å². The fourth-order valence-corrected chi connectivity index (χ4v) is 1.80. The minimum Gasteiger partial charge on any atom is -0.333 e. The minimum atomic E-state index is -4.33. The van der Waals surface area contributed by atoms with E-state index in [1.54, 1.807) is 18.2 Å². The Morgan fingerprint density at radius 2 is 2.05 bits per heavy atom. The van der Waals surface area contributed by atoms with Crippen LogP contribution in [0.2, 0.25) is 0 Å². The van der Waals surface area contributed by atoms with Crippen LogP contribution in [0.4, 0.5) is 13.2 Å². The summed E-state index contributed by atoms with van der Waals surface area (Å²) in [4.78, 5) is 21.1. The molecule has 8 heteroatoms. The second-order valence-electron chi connectivity index (χ2n) is 4.46. The fraction of sp³-hybridized carbons (Fsp3) is 0.308. The van der Waals surface area contributed by atoms with E-state index in [2.05, 4.69) is 9.97 Å². The number of pyridine rings is 1. The second kappa shape index (κ2) is 5.94. The summed E-state index contributed by atoms with van der Waals surface area (Å²) in [5.74, 6) is -0.212. The molecule has 0 saturated carbocycles. The summed E-state index contributed by atoms with van der Waals surface area (Å²) in [6, 6.07) is 4.88. The van der Waals surface area contributed by atoms with Crippen LogP contribution in [0, 0.1) is 0 Å². The fourth-order valence-electron chi connectivity index (χ4n) is 1.80. The zero-order valence-corrected chi connectivity index (χ0v) is 11.2. The van der Waals surface area contributed by atoms with Crippen molar-refractivity contribution in [2.45, 2.75) is 19.3 Å². The molecule has 112 valence electrons. The number of carbonyl (C=O) groups excluding carboxylic acids is 1. The lowest BCUT2D eigenvalue weighted by Crippen LogP contribution is -2.29. The highest BCUT2D eigenvalue weighted by Gasteiger charge is 2.29. The summed E-state index contributed by atoms with van der Waals surface area (Å²) < 4.78 is 38.2. The van der Waals surface area contributed by atoms with Crippen molar-refractivity contribution in [2.24, 2.45) is 0 Å². The maximum atomic E-state index is 12.4. The summed E-state index contributed by atoms with van der Waals surface area (Å²) in [5, 5.41) is 0. The smallest absolute Gasteiger partial charge is 0.333 e. The van der Waals surface area contributed by atoms with E-state index >= 15 is 0 Å². The second-order valence-corrected chi connectivity index (χ2v) is 4.46. The van der Waals surface area contributed by atoms with Crippen molar-refractivity contribution in [2.75, 3.05) is 7.05 Å². The van der Waals surface area contributed by atoms with Gasteiger partial charge in [0.2, 0.25) is 0 Å². The van der Waals surface area contributed by atoms with E-state index in [-0.39, 0.29) is 24.0 Å². The molecule has 0 aromatic carbocycles. The van der Waals surface area contributed by atoms with Crippen molar-refractivity contribution < 1.29 is 18.0 Å². The Morgan fingerprint density at radius 1 is 1.29 bits per heavy atom. The molecule has 0 N–H and O–H groups in total. The van der Waals surface area contributed by atoms with Crippen molar-refractivity contribution in [3.05, 3.63) is 48.3 Å². The van der Waals surface area contributed by atoms with Gasteiger partial charge < -0.3 is 9.47 Å². The number of carbonyl (C=O) groups is 1. The van der Waals surface area contributed by atoms with Gasteiger partial charge in [0.15, 0.2) is 0 Å². The number of aromatic nitrogens is 3. The summed E-state index contributed by atoms with van der Waals surface area (Å²) in [5.41, 5.74) is 0.230. The Kier molecular flexibility index (Phi) is 4.25. The third-order valence-corrected chi connectivity index (χ3v) is 2.76. The monoisotopic (exact) mass is 298 g/mol. The van der Waals surface area contributed by atoms with Crippen molar-refractivity contribution >= 4 is 5.91 Å². The molecule has 0 unspecified atom stereocenters. The summed E-state index contributed by atoms with van der Waals surface area (Å²) >= 11 is 0. The van der Waals surface area contributed by atoms with Gasteiger partial charge in [-0.25, -0.2) is 4.98 Å². The van der Waals surface area contributed by atoms with E-state index in [4.69, 9.17) is 0 Å². The highest BCUT2D eigenvalue weighted by atomic mass is 19.4. The zero-order chi connectivity index (χ0) is 15.5. The topological polar surface area (TPSA) is 51.0 Å². The quantitative estimate of drug-likeness (QED) is 0.868. The number of alkyl halides is 3. The Hall–Kier alpha value is -2.38. The van der Waals surface area contributed by atoms with Crippen LogP contribution in [-0.4, -0.2) is 38.6 Å². The zero-order valence-electron chi connectivity index (χ0n) is 11.2. The van der Waals surface area contributed by atoms with Gasteiger partial charge in [-0.3, -0.25) is 9.78 Å². The first-order chi connectivity index (χ1) is 9.87. The van der Waals surface area contributed by atoms with Crippen molar-refractivity contribution in [3.8, 4) is 0 Å². The molecule has 2 aromatic rings. The first-order valence-corrected chi connectivity index (χ1v) is 6.10. The van der Waals surface area contributed by atoms with E-state index in [1.807, 2.05) is 0 Å². The maximum Gasteiger partial charge on any atom is 0.406 e. The predicted molar refractivity (Wildman–Crippen MR) is 68.3 cm³/mol. The molecule has 0 fully saturated rings. The van der Waals surface area contributed by atoms with Gasteiger partial charge in [0.25, 0.3) is 5.91 Å². The molecule has 2 rings (SSSR count). The summed E-state index contributed by atoms with van der Waals surface area (Å²) in [6.07, 6.45) is -0.341. The molecule has 1 amide bonds.